The van der Waals surface area contributed by atoms with Crippen molar-refractivity contribution < 1.29 is 14.8 Å². The van der Waals surface area contributed by atoms with Crippen molar-refractivity contribution in [3.05, 3.63) is 47.0 Å². The summed E-state index contributed by atoms with van der Waals surface area (Å²) < 4.78 is 0. The summed E-state index contributed by atoms with van der Waals surface area (Å²) in [5.74, 6) is -1.58. The van der Waals surface area contributed by atoms with E-state index in [1.54, 1.807) is 41.5 Å². The zero-order valence-corrected chi connectivity index (χ0v) is 14.5. The van der Waals surface area contributed by atoms with Crippen molar-refractivity contribution in [2.24, 2.45) is 0 Å². The number of benzene rings is 1. The second kappa shape index (κ2) is 6.90. The molecule has 0 amide bonds. The summed E-state index contributed by atoms with van der Waals surface area (Å²) in [6.45, 7) is 9.64. The number of nitro groups is 3. The second-order valence-corrected chi connectivity index (χ2v) is 6.52. The molecule has 0 fully saturated rings. The Labute approximate surface area is 139 Å². The molecule has 1 aromatic rings. The van der Waals surface area contributed by atoms with Crippen LogP contribution in [-0.2, 0) is 0 Å². The summed E-state index contributed by atoms with van der Waals surface area (Å²) in [5, 5.41) is 34.9. The molecule has 0 heterocycles. The van der Waals surface area contributed by atoms with Crippen molar-refractivity contribution in [1.82, 2.24) is 0 Å². The average Bonchev–Trinajstić information content (AvgIpc) is 2.42. The quantitative estimate of drug-likeness (QED) is 0.541. The first-order valence-corrected chi connectivity index (χ1v) is 7.60. The topological polar surface area (TPSA) is 129 Å². The van der Waals surface area contributed by atoms with E-state index in [4.69, 9.17) is 0 Å². The normalized spacial score (nSPS) is 11.4. The van der Waals surface area contributed by atoms with Gasteiger partial charge in [-0.25, -0.2) is 0 Å². The maximum Gasteiger partial charge on any atom is 0.290 e. The predicted octanol–water partition coefficient (Wildman–Crippen LogP) is 4.78. The molecule has 0 aromatic heterocycles. The molecule has 24 heavy (non-hydrogen) atoms. The molecule has 0 spiro atoms. The summed E-state index contributed by atoms with van der Waals surface area (Å²) >= 11 is 0. The van der Waals surface area contributed by atoms with E-state index in [1.807, 2.05) is 0 Å². The first-order valence-electron chi connectivity index (χ1n) is 7.60. The Morgan fingerprint density at radius 3 is 0.792 bits per heavy atom. The van der Waals surface area contributed by atoms with Crippen LogP contribution in [-0.4, -0.2) is 14.8 Å². The van der Waals surface area contributed by atoms with E-state index in [1.165, 1.54) is 0 Å². The van der Waals surface area contributed by atoms with Gasteiger partial charge in [0.15, 0.2) is 0 Å². The van der Waals surface area contributed by atoms with Gasteiger partial charge >= 0.3 is 0 Å². The molecule has 132 valence electrons. The lowest BCUT2D eigenvalue weighted by molar-refractivity contribution is -0.406. The molecule has 9 heteroatoms. The van der Waals surface area contributed by atoms with Gasteiger partial charge in [0.2, 0.25) is 0 Å². The summed E-state index contributed by atoms with van der Waals surface area (Å²) in [5.41, 5.74) is -1.69. The Bertz CT molecular complexity index is 593. The van der Waals surface area contributed by atoms with Crippen LogP contribution in [0.15, 0.2) is 0 Å². The van der Waals surface area contributed by atoms with E-state index < -0.39 is 49.6 Å². The Morgan fingerprint density at radius 2 is 0.708 bits per heavy atom. The van der Waals surface area contributed by atoms with Crippen molar-refractivity contribution in [2.75, 3.05) is 0 Å². The van der Waals surface area contributed by atoms with Gasteiger partial charge in [0, 0.05) is 0 Å². The van der Waals surface area contributed by atoms with Gasteiger partial charge in [-0.1, -0.05) is 41.5 Å². The van der Waals surface area contributed by atoms with Gasteiger partial charge in [0.05, 0.1) is 14.8 Å². The zero-order valence-electron chi connectivity index (χ0n) is 14.5. The first-order chi connectivity index (χ1) is 10.9. The van der Waals surface area contributed by atoms with E-state index in [0.29, 0.717) is 0 Å². The number of hydrogen-bond acceptors (Lipinski definition) is 6. The molecular weight excluding hydrogens is 318 g/mol. The third-order valence-corrected chi connectivity index (χ3v) is 3.81. The molecule has 9 nitrogen and oxygen atoms in total. The van der Waals surface area contributed by atoms with E-state index in [-0.39, 0.29) is 16.7 Å². The Kier molecular flexibility index (Phi) is 5.59. The van der Waals surface area contributed by atoms with E-state index >= 15 is 0 Å². The lowest BCUT2D eigenvalue weighted by Crippen LogP contribution is -2.14. The molecule has 0 saturated carbocycles. The largest absolute Gasteiger partial charge is 0.290 e. The van der Waals surface area contributed by atoms with E-state index in [9.17, 15) is 30.3 Å². The SMILES string of the molecule is CC(C)c1c([N+](=O)[O-])c(C(C)C)c([N+](=O)[O-])c(C(C)C)c1[N+](=O)[O-]. The summed E-state index contributed by atoms with van der Waals surface area (Å²) in [6, 6.07) is 0. The minimum atomic E-state index is -0.741. The highest BCUT2D eigenvalue weighted by Gasteiger charge is 2.43. The Morgan fingerprint density at radius 1 is 0.542 bits per heavy atom. The molecule has 0 aliphatic heterocycles. The van der Waals surface area contributed by atoms with Crippen molar-refractivity contribution >= 4 is 17.1 Å². The van der Waals surface area contributed by atoms with Crippen LogP contribution in [0.5, 0.6) is 0 Å². The number of nitrogens with zero attached hydrogens (tertiary/aromatic N) is 3. The average molecular weight is 339 g/mol. The molecule has 0 aliphatic carbocycles. The van der Waals surface area contributed by atoms with Crippen LogP contribution in [0.4, 0.5) is 17.1 Å². The summed E-state index contributed by atoms with van der Waals surface area (Å²) in [6.07, 6.45) is 0. The highest BCUT2D eigenvalue weighted by Crippen LogP contribution is 2.50. The molecule has 0 unspecified atom stereocenters. The van der Waals surface area contributed by atoms with Crippen LogP contribution in [0.2, 0.25) is 0 Å². The molecule has 0 aliphatic rings. The highest BCUT2D eigenvalue weighted by atomic mass is 16.6. The van der Waals surface area contributed by atoms with Crippen LogP contribution in [0.25, 0.3) is 0 Å². The maximum absolute atomic E-state index is 11.6. The Balaban J connectivity index is 4.37. The first kappa shape index (κ1) is 19.5. The summed E-state index contributed by atoms with van der Waals surface area (Å²) in [7, 11) is 0. The monoisotopic (exact) mass is 339 g/mol. The van der Waals surface area contributed by atoms with Crippen LogP contribution in [0, 0.1) is 30.3 Å². The minimum absolute atomic E-state index is 0.0528. The van der Waals surface area contributed by atoms with Gasteiger partial charge in [0.25, 0.3) is 17.1 Å². The van der Waals surface area contributed by atoms with Crippen molar-refractivity contribution in [1.29, 1.82) is 0 Å². The third-order valence-electron chi connectivity index (χ3n) is 3.81. The zero-order chi connectivity index (χ0) is 18.9. The lowest BCUT2D eigenvalue weighted by atomic mass is 9.83. The molecule has 1 rings (SSSR count). The van der Waals surface area contributed by atoms with Gasteiger partial charge in [-0.05, 0) is 17.8 Å². The second-order valence-electron chi connectivity index (χ2n) is 6.52. The smallest absolute Gasteiger partial charge is 0.258 e. The van der Waals surface area contributed by atoms with E-state index in [2.05, 4.69) is 0 Å². The van der Waals surface area contributed by atoms with Crippen molar-refractivity contribution in [3.8, 4) is 0 Å². The standard InChI is InChI=1S/C15H21N3O6/c1-7(2)10-13(16(19)20)11(8(3)4)15(18(23)24)12(9(5)6)14(10)17(21)22/h7-9H,1-6H3. The number of rotatable bonds is 6. The molecule has 0 bridgehead atoms. The number of hydrogen-bond donors (Lipinski definition) is 0. The molecule has 0 saturated heterocycles. The molecular formula is C15H21N3O6. The summed E-state index contributed by atoms with van der Waals surface area (Å²) in [4.78, 5) is 32.7. The number of nitro benzene ring substituents is 3. The fourth-order valence-electron chi connectivity index (χ4n) is 3.00. The van der Waals surface area contributed by atoms with E-state index in [0.717, 1.165) is 0 Å². The lowest BCUT2D eigenvalue weighted by Gasteiger charge is -2.18. The van der Waals surface area contributed by atoms with Crippen molar-refractivity contribution in [2.45, 2.75) is 59.3 Å². The third kappa shape index (κ3) is 3.19. The van der Waals surface area contributed by atoms with Gasteiger partial charge < -0.3 is 0 Å². The molecule has 1 aromatic carbocycles. The fourth-order valence-corrected chi connectivity index (χ4v) is 3.00. The van der Waals surface area contributed by atoms with Crippen molar-refractivity contribution in [3.63, 3.8) is 0 Å². The van der Waals surface area contributed by atoms with Crippen LogP contribution >= 0.6 is 0 Å². The van der Waals surface area contributed by atoms with Gasteiger partial charge in [-0.3, -0.25) is 30.3 Å². The fraction of sp³-hybridized carbons (Fsp3) is 0.600. The van der Waals surface area contributed by atoms with Gasteiger partial charge in [-0.2, -0.15) is 0 Å². The molecule has 0 atom stereocenters. The molecule has 0 radical (unpaired) electrons. The van der Waals surface area contributed by atoms with Gasteiger partial charge in [-0.15, -0.1) is 0 Å². The maximum atomic E-state index is 11.6. The predicted molar refractivity (Wildman–Crippen MR) is 88.7 cm³/mol. The van der Waals surface area contributed by atoms with Crippen LogP contribution in [0.3, 0.4) is 0 Å². The Hall–Kier alpha value is -2.58. The van der Waals surface area contributed by atoms with Crippen LogP contribution in [0.1, 0.15) is 76.0 Å². The minimum Gasteiger partial charge on any atom is -0.258 e. The highest BCUT2D eigenvalue weighted by molar-refractivity contribution is 5.74. The van der Waals surface area contributed by atoms with Crippen LogP contribution < -0.4 is 0 Å². The molecule has 0 N–H and O–H groups in total. The van der Waals surface area contributed by atoms with Gasteiger partial charge in [0.1, 0.15) is 16.7 Å².